The fourth-order valence-electron chi connectivity index (χ4n) is 1.60. The second kappa shape index (κ2) is 6.79. The molecular weight excluding hydrogens is 180 g/mol. The van der Waals surface area contributed by atoms with Crippen molar-refractivity contribution < 1.29 is 9.53 Å². The molecule has 82 valence electrons. The third-order valence-electron chi connectivity index (χ3n) is 2.50. The molecule has 0 aliphatic carbocycles. The molecular formula is C10H20N2O2. The maximum Gasteiger partial charge on any atom is 0.221 e. The van der Waals surface area contributed by atoms with Crippen molar-refractivity contribution in [2.75, 3.05) is 33.4 Å². The van der Waals surface area contributed by atoms with Gasteiger partial charge >= 0.3 is 0 Å². The van der Waals surface area contributed by atoms with E-state index in [1.54, 1.807) is 7.05 Å². The summed E-state index contributed by atoms with van der Waals surface area (Å²) >= 11 is 0. The highest BCUT2D eigenvalue weighted by Gasteiger charge is 2.12. The minimum Gasteiger partial charge on any atom is -0.381 e. The fraction of sp³-hybridized carbons (Fsp3) is 0.900. The normalized spacial score (nSPS) is 21.9. The van der Waals surface area contributed by atoms with Gasteiger partial charge in [-0.05, 0) is 18.8 Å². The van der Waals surface area contributed by atoms with Gasteiger partial charge in [0, 0.05) is 33.2 Å². The Morgan fingerprint density at radius 2 is 2.43 bits per heavy atom. The number of carbonyl (C=O) groups is 1. The number of hydrogen-bond acceptors (Lipinski definition) is 3. The van der Waals surface area contributed by atoms with Gasteiger partial charge in [0.15, 0.2) is 0 Å². The van der Waals surface area contributed by atoms with Crippen molar-refractivity contribution in [1.82, 2.24) is 10.6 Å². The predicted molar refractivity (Wildman–Crippen MR) is 55.1 cm³/mol. The first-order valence-electron chi connectivity index (χ1n) is 5.32. The van der Waals surface area contributed by atoms with Gasteiger partial charge in [-0.1, -0.05) is 0 Å². The van der Waals surface area contributed by atoms with Gasteiger partial charge in [0.05, 0.1) is 6.61 Å². The average molecular weight is 200 g/mol. The van der Waals surface area contributed by atoms with E-state index >= 15 is 0 Å². The molecule has 0 bridgehead atoms. The van der Waals surface area contributed by atoms with E-state index in [1.165, 1.54) is 12.8 Å². The van der Waals surface area contributed by atoms with Crippen LogP contribution in [0.2, 0.25) is 0 Å². The Hall–Kier alpha value is -0.610. The maximum atomic E-state index is 10.9. The molecule has 14 heavy (non-hydrogen) atoms. The second-order valence-corrected chi connectivity index (χ2v) is 3.71. The van der Waals surface area contributed by atoms with Crippen molar-refractivity contribution in [3.05, 3.63) is 0 Å². The van der Waals surface area contributed by atoms with E-state index in [4.69, 9.17) is 4.74 Å². The number of rotatable bonds is 5. The Balaban J connectivity index is 1.94. The van der Waals surface area contributed by atoms with Crippen molar-refractivity contribution in [3.8, 4) is 0 Å². The first-order chi connectivity index (χ1) is 6.83. The topological polar surface area (TPSA) is 50.4 Å². The van der Waals surface area contributed by atoms with E-state index in [0.717, 1.165) is 26.3 Å². The van der Waals surface area contributed by atoms with Gasteiger partial charge in [-0.15, -0.1) is 0 Å². The molecule has 4 nitrogen and oxygen atoms in total. The van der Waals surface area contributed by atoms with Gasteiger partial charge in [0.25, 0.3) is 0 Å². The highest BCUT2D eigenvalue weighted by molar-refractivity contribution is 5.75. The van der Waals surface area contributed by atoms with Crippen molar-refractivity contribution in [1.29, 1.82) is 0 Å². The number of nitrogens with one attached hydrogen (secondary N) is 2. The molecule has 0 saturated carbocycles. The number of hydrogen-bond donors (Lipinski definition) is 2. The van der Waals surface area contributed by atoms with E-state index in [1.807, 2.05) is 0 Å². The van der Waals surface area contributed by atoms with Gasteiger partial charge in [0.2, 0.25) is 5.91 Å². The van der Waals surface area contributed by atoms with Gasteiger partial charge in [0.1, 0.15) is 0 Å². The molecule has 1 amide bonds. The molecule has 1 rings (SSSR count). The lowest BCUT2D eigenvalue weighted by atomic mass is 10.0. The Kier molecular flexibility index (Phi) is 5.56. The molecule has 2 N–H and O–H groups in total. The molecule has 1 unspecified atom stereocenters. The van der Waals surface area contributed by atoms with Crippen molar-refractivity contribution >= 4 is 5.91 Å². The summed E-state index contributed by atoms with van der Waals surface area (Å²) in [5.41, 5.74) is 0. The molecule has 1 atom stereocenters. The first kappa shape index (κ1) is 11.5. The third-order valence-corrected chi connectivity index (χ3v) is 2.50. The molecule has 0 aromatic carbocycles. The van der Waals surface area contributed by atoms with Crippen LogP contribution in [0, 0.1) is 5.92 Å². The highest BCUT2D eigenvalue weighted by atomic mass is 16.5. The summed E-state index contributed by atoms with van der Waals surface area (Å²) in [6.45, 7) is 3.51. The zero-order chi connectivity index (χ0) is 10.2. The van der Waals surface area contributed by atoms with E-state index in [-0.39, 0.29) is 5.91 Å². The lowest BCUT2D eigenvalue weighted by Crippen LogP contribution is -2.31. The summed E-state index contributed by atoms with van der Waals surface area (Å²) in [5.74, 6) is 0.728. The maximum absolute atomic E-state index is 10.9. The summed E-state index contributed by atoms with van der Waals surface area (Å²) in [5, 5.41) is 5.88. The minimum atomic E-state index is 0.0948. The predicted octanol–water partition coefficient (Wildman–Crippen LogP) is 0.139. The Morgan fingerprint density at radius 3 is 3.07 bits per heavy atom. The minimum absolute atomic E-state index is 0.0948. The summed E-state index contributed by atoms with van der Waals surface area (Å²) in [4.78, 5) is 10.9. The molecule has 1 saturated heterocycles. The van der Waals surface area contributed by atoms with Crippen LogP contribution in [0.5, 0.6) is 0 Å². The van der Waals surface area contributed by atoms with Crippen LogP contribution < -0.4 is 10.6 Å². The summed E-state index contributed by atoms with van der Waals surface area (Å²) < 4.78 is 5.36. The SMILES string of the molecule is CNC(=O)CCNCC1CCCOC1. The highest BCUT2D eigenvalue weighted by Crippen LogP contribution is 2.11. The molecule has 0 aromatic rings. The van der Waals surface area contributed by atoms with Gasteiger partial charge in [-0.25, -0.2) is 0 Å². The monoisotopic (exact) mass is 200 g/mol. The van der Waals surface area contributed by atoms with Crippen molar-refractivity contribution in [2.45, 2.75) is 19.3 Å². The molecule has 1 aliphatic heterocycles. The van der Waals surface area contributed by atoms with Crippen LogP contribution in [0.4, 0.5) is 0 Å². The van der Waals surface area contributed by atoms with Crippen LogP contribution in [0.25, 0.3) is 0 Å². The van der Waals surface area contributed by atoms with Crippen LogP contribution >= 0.6 is 0 Å². The lowest BCUT2D eigenvalue weighted by Gasteiger charge is -2.22. The number of carbonyl (C=O) groups excluding carboxylic acids is 1. The van der Waals surface area contributed by atoms with Crippen LogP contribution in [0.15, 0.2) is 0 Å². The van der Waals surface area contributed by atoms with E-state index in [0.29, 0.717) is 12.3 Å². The van der Waals surface area contributed by atoms with Crippen molar-refractivity contribution in [2.24, 2.45) is 5.92 Å². The van der Waals surface area contributed by atoms with Crippen molar-refractivity contribution in [3.63, 3.8) is 0 Å². The number of ether oxygens (including phenoxy) is 1. The summed E-state index contributed by atoms with van der Waals surface area (Å²) in [6.07, 6.45) is 2.97. The van der Waals surface area contributed by atoms with Gasteiger partial charge in [-0.3, -0.25) is 4.79 Å². The fourth-order valence-corrected chi connectivity index (χ4v) is 1.60. The zero-order valence-corrected chi connectivity index (χ0v) is 8.84. The summed E-state index contributed by atoms with van der Waals surface area (Å²) in [7, 11) is 1.66. The van der Waals surface area contributed by atoms with Crippen LogP contribution in [-0.4, -0.2) is 39.3 Å². The molecule has 1 heterocycles. The lowest BCUT2D eigenvalue weighted by molar-refractivity contribution is -0.120. The standard InChI is InChI=1S/C10H20N2O2/c1-11-10(13)4-5-12-7-9-3-2-6-14-8-9/h9,12H,2-8H2,1H3,(H,11,13). The van der Waals surface area contributed by atoms with Crippen LogP contribution in [-0.2, 0) is 9.53 Å². The quantitative estimate of drug-likeness (QED) is 0.621. The Bertz CT molecular complexity index is 168. The molecule has 1 fully saturated rings. The second-order valence-electron chi connectivity index (χ2n) is 3.71. The van der Waals surface area contributed by atoms with Crippen LogP contribution in [0.1, 0.15) is 19.3 Å². The summed E-state index contributed by atoms with van der Waals surface area (Å²) in [6, 6.07) is 0. The van der Waals surface area contributed by atoms with E-state index in [2.05, 4.69) is 10.6 Å². The van der Waals surface area contributed by atoms with Gasteiger partial charge < -0.3 is 15.4 Å². The zero-order valence-electron chi connectivity index (χ0n) is 8.84. The Labute approximate surface area is 85.4 Å². The average Bonchev–Trinajstić information content (AvgIpc) is 2.25. The molecule has 4 heteroatoms. The first-order valence-corrected chi connectivity index (χ1v) is 5.32. The van der Waals surface area contributed by atoms with E-state index < -0.39 is 0 Å². The molecule has 0 radical (unpaired) electrons. The third kappa shape index (κ3) is 4.58. The Morgan fingerprint density at radius 1 is 1.57 bits per heavy atom. The van der Waals surface area contributed by atoms with Gasteiger partial charge in [-0.2, -0.15) is 0 Å². The number of amides is 1. The van der Waals surface area contributed by atoms with Crippen LogP contribution in [0.3, 0.4) is 0 Å². The smallest absolute Gasteiger partial charge is 0.221 e. The van der Waals surface area contributed by atoms with E-state index in [9.17, 15) is 4.79 Å². The molecule has 1 aliphatic rings. The largest absolute Gasteiger partial charge is 0.381 e. The molecule has 0 aromatic heterocycles. The molecule has 0 spiro atoms.